The number of quaternary nitrogens is 1. The number of carbonyl (C=O) groups excluding carboxylic acids is 1. The van der Waals surface area contributed by atoms with Gasteiger partial charge in [-0.25, -0.2) is 4.79 Å². The van der Waals surface area contributed by atoms with Crippen molar-refractivity contribution in [1.82, 2.24) is 0 Å². The van der Waals surface area contributed by atoms with E-state index in [1.165, 1.54) is 4.90 Å². The molecule has 0 saturated carbocycles. The predicted molar refractivity (Wildman–Crippen MR) is 77.2 cm³/mol. The van der Waals surface area contributed by atoms with Gasteiger partial charge in [-0.05, 0) is 19.1 Å². The first kappa shape index (κ1) is 14.9. The summed E-state index contributed by atoms with van der Waals surface area (Å²) in [5.74, 6) is 0.660. The number of benzene rings is 1. The number of carbonyl (C=O) groups is 1. The van der Waals surface area contributed by atoms with Crippen LogP contribution in [0.25, 0.3) is 0 Å². The first-order valence-corrected chi connectivity index (χ1v) is 7.19. The van der Waals surface area contributed by atoms with Gasteiger partial charge in [0.15, 0.2) is 0 Å². The lowest BCUT2D eigenvalue weighted by Gasteiger charge is -2.36. The van der Waals surface area contributed by atoms with Crippen molar-refractivity contribution in [2.24, 2.45) is 5.92 Å². The van der Waals surface area contributed by atoms with Gasteiger partial charge in [-0.3, -0.25) is 0 Å². The highest BCUT2D eigenvalue weighted by molar-refractivity contribution is 5.92. The molecule has 1 aliphatic heterocycles. The Bertz CT molecular complexity index is 475. The third-order valence-electron chi connectivity index (χ3n) is 4.29. The Balaban J connectivity index is 2.07. The molecule has 1 aromatic rings. The van der Waals surface area contributed by atoms with Gasteiger partial charge in [0.25, 0.3) is 0 Å². The minimum absolute atomic E-state index is 0.00823. The lowest BCUT2D eigenvalue weighted by atomic mass is 9.92. The SMILES string of the molecule is COc1ccccc1C(=O)O[C@@H]1C[C@H](C)[NH+](C)C[C@H]1C. The standard InChI is InChI=1S/C16H23NO3/c1-11-10-17(3)12(2)9-15(11)20-16(18)13-7-5-6-8-14(13)19-4/h5-8,11-12,15H,9-10H2,1-4H3/p+1/t11-,12+,15-/m1/s1. The van der Waals surface area contributed by atoms with Gasteiger partial charge >= 0.3 is 5.97 Å². The zero-order valence-corrected chi connectivity index (χ0v) is 12.7. The van der Waals surface area contributed by atoms with Crippen LogP contribution in [-0.4, -0.2) is 38.8 Å². The van der Waals surface area contributed by atoms with Crippen LogP contribution in [0.2, 0.25) is 0 Å². The Morgan fingerprint density at radius 1 is 1.30 bits per heavy atom. The van der Waals surface area contributed by atoms with E-state index in [1.54, 1.807) is 19.2 Å². The van der Waals surface area contributed by atoms with Gasteiger partial charge in [-0.2, -0.15) is 0 Å². The minimum atomic E-state index is -0.286. The van der Waals surface area contributed by atoms with E-state index in [1.807, 2.05) is 12.1 Å². The summed E-state index contributed by atoms with van der Waals surface area (Å²) in [5.41, 5.74) is 0.501. The van der Waals surface area contributed by atoms with E-state index in [2.05, 4.69) is 20.9 Å². The maximum absolute atomic E-state index is 12.3. The van der Waals surface area contributed by atoms with Crippen LogP contribution in [0, 0.1) is 5.92 Å². The summed E-state index contributed by atoms with van der Waals surface area (Å²) >= 11 is 0. The summed E-state index contributed by atoms with van der Waals surface area (Å²) in [5, 5.41) is 0. The van der Waals surface area contributed by atoms with E-state index in [4.69, 9.17) is 9.47 Å². The Labute approximate surface area is 120 Å². The predicted octanol–water partition coefficient (Wildman–Crippen LogP) is 1.16. The number of hydrogen-bond donors (Lipinski definition) is 1. The number of para-hydroxylation sites is 1. The molecule has 4 heteroatoms. The van der Waals surface area contributed by atoms with Crippen LogP contribution >= 0.6 is 0 Å². The van der Waals surface area contributed by atoms with Crippen LogP contribution in [0.4, 0.5) is 0 Å². The maximum atomic E-state index is 12.3. The molecule has 1 unspecified atom stereocenters. The highest BCUT2D eigenvalue weighted by Crippen LogP contribution is 2.22. The molecule has 0 radical (unpaired) electrons. The van der Waals surface area contributed by atoms with E-state index in [0.717, 1.165) is 13.0 Å². The lowest BCUT2D eigenvalue weighted by Crippen LogP contribution is -3.14. The fourth-order valence-corrected chi connectivity index (χ4v) is 2.80. The topological polar surface area (TPSA) is 40.0 Å². The summed E-state index contributed by atoms with van der Waals surface area (Å²) < 4.78 is 10.9. The monoisotopic (exact) mass is 278 g/mol. The van der Waals surface area contributed by atoms with Crippen LogP contribution in [0.1, 0.15) is 30.6 Å². The number of methoxy groups -OCH3 is 1. The molecule has 0 bridgehead atoms. The van der Waals surface area contributed by atoms with Crippen LogP contribution in [0.5, 0.6) is 5.75 Å². The molecule has 1 heterocycles. The van der Waals surface area contributed by atoms with Gasteiger partial charge in [0.05, 0.1) is 26.7 Å². The number of hydrogen-bond acceptors (Lipinski definition) is 3. The second kappa shape index (κ2) is 6.27. The highest BCUT2D eigenvalue weighted by Gasteiger charge is 2.35. The van der Waals surface area contributed by atoms with Crippen LogP contribution in [-0.2, 0) is 4.74 Å². The van der Waals surface area contributed by atoms with Crippen molar-refractivity contribution >= 4 is 5.97 Å². The van der Waals surface area contributed by atoms with Gasteiger partial charge in [0.1, 0.15) is 17.4 Å². The lowest BCUT2D eigenvalue weighted by molar-refractivity contribution is -0.914. The average molecular weight is 278 g/mol. The van der Waals surface area contributed by atoms with Crippen molar-refractivity contribution in [2.75, 3.05) is 20.7 Å². The minimum Gasteiger partial charge on any atom is -0.496 e. The van der Waals surface area contributed by atoms with Crippen molar-refractivity contribution in [1.29, 1.82) is 0 Å². The third kappa shape index (κ3) is 3.12. The van der Waals surface area contributed by atoms with Crippen LogP contribution in [0.3, 0.4) is 0 Å². The molecule has 20 heavy (non-hydrogen) atoms. The van der Waals surface area contributed by atoms with Gasteiger partial charge in [-0.1, -0.05) is 19.1 Å². The van der Waals surface area contributed by atoms with Crippen molar-refractivity contribution in [3.63, 3.8) is 0 Å². The number of likely N-dealkylation sites (tertiary alicyclic amines) is 1. The smallest absolute Gasteiger partial charge is 0.342 e. The summed E-state index contributed by atoms with van der Waals surface area (Å²) in [6, 6.07) is 7.71. The second-order valence-corrected chi connectivity index (χ2v) is 5.81. The fourth-order valence-electron chi connectivity index (χ4n) is 2.80. The molecule has 4 atom stereocenters. The highest BCUT2D eigenvalue weighted by atomic mass is 16.5. The summed E-state index contributed by atoms with van der Waals surface area (Å²) in [4.78, 5) is 13.8. The zero-order valence-electron chi connectivity index (χ0n) is 12.7. The van der Waals surface area contributed by atoms with Crippen molar-refractivity contribution < 1.29 is 19.2 Å². The first-order chi connectivity index (χ1) is 9.52. The fraction of sp³-hybridized carbons (Fsp3) is 0.562. The van der Waals surface area contributed by atoms with Gasteiger partial charge < -0.3 is 14.4 Å². The molecule has 0 amide bonds. The Hall–Kier alpha value is -1.55. The Morgan fingerprint density at radius 3 is 2.70 bits per heavy atom. The van der Waals surface area contributed by atoms with Crippen LogP contribution < -0.4 is 9.64 Å². The van der Waals surface area contributed by atoms with Crippen molar-refractivity contribution in [3.05, 3.63) is 29.8 Å². The third-order valence-corrected chi connectivity index (χ3v) is 4.29. The summed E-state index contributed by atoms with van der Waals surface area (Å²) in [6.45, 7) is 5.38. The normalized spacial score (nSPS) is 29.8. The van der Waals surface area contributed by atoms with E-state index in [0.29, 0.717) is 23.3 Å². The quantitative estimate of drug-likeness (QED) is 0.844. The Kier molecular flexibility index (Phi) is 4.65. The maximum Gasteiger partial charge on any atom is 0.342 e. The zero-order chi connectivity index (χ0) is 14.7. The number of ether oxygens (including phenoxy) is 2. The summed E-state index contributed by atoms with van der Waals surface area (Å²) in [7, 11) is 3.76. The molecule has 4 nitrogen and oxygen atoms in total. The number of rotatable bonds is 3. The largest absolute Gasteiger partial charge is 0.496 e. The second-order valence-electron chi connectivity index (χ2n) is 5.81. The molecule has 1 saturated heterocycles. The van der Waals surface area contributed by atoms with Crippen LogP contribution in [0.15, 0.2) is 24.3 Å². The molecular formula is C16H24NO3+. The number of nitrogens with one attached hydrogen (secondary N) is 1. The van der Waals surface area contributed by atoms with Crippen molar-refractivity contribution in [2.45, 2.75) is 32.4 Å². The molecule has 0 aliphatic carbocycles. The molecule has 1 fully saturated rings. The molecular weight excluding hydrogens is 254 g/mol. The van der Waals surface area contributed by atoms with Crippen molar-refractivity contribution in [3.8, 4) is 5.75 Å². The Morgan fingerprint density at radius 2 is 2.00 bits per heavy atom. The van der Waals surface area contributed by atoms with E-state index >= 15 is 0 Å². The van der Waals surface area contributed by atoms with Gasteiger partial charge in [0, 0.05) is 12.3 Å². The molecule has 0 aromatic heterocycles. The first-order valence-electron chi connectivity index (χ1n) is 7.19. The molecule has 110 valence electrons. The van der Waals surface area contributed by atoms with E-state index in [-0.39, 0.29) is 12.1 Å². The van der Waals surface area contributed by atoms with Gasteiger partial charge in [0.2, 0.25) is 0 Å². The number of esters is 1. The molecule has 2 rings (SSSR count). The summed E-state index contributed by atoms with van der Waals surface area (Å²) in [6.07, 6.45) is 0.902. The average Bonchev–Trinajstić information content (AvgIpc) is 2.44. The molecule has 1 aliphatic rings. The molecule has 1 aromatic carbocycles. The van der Waals surface area contributed by atoms with E-state index in [9.17, 15) is 4.79 Å². The molecule has 0 spiro atoms. The molecule has 1 N–H and O–H groups in total. The van der Waals surface area contributed by atoms with E-state index < -0.39 is 0 Å². The van der Waals surface area contributed by atoms with Gasteiger partial charge in [-0.15, -0.1) is 0 Å². The number of piperidine rings is 1.